The molecule has 0 radical (unpaired) electrons. The molecule has 0 aliphatic carbocycles. The molecule has 0 fully saturated rings. The molecule has 16 aromatic rings. The van der Waals surface area contributed by atoms with Crippen LogP contribution < -0.4 is 0 Å². The molecule has 0 bridgehead atoms. The van der Waals surface area contributed by atoms with Gasteiger partial charge in [0.1, 0.15) is 16.9 Å². The Hall–Kier alpha value is -10.2. The van der Waals surface area contributed by atoms with Crippen LogP contribution in [0.25, 0.3) is 165 Å². The van der Waals surface area contributed by atoms with E-state index in [9.17, 15) is 0 Å². The van der Waals surface area contributed by atoms with E-state index in [1.807, 2.05) is 0 Å². The largest absolute Gasteiger partial charge is 0.455 e. The average Bonchev–Trinajstić information content (AvgIpc) is 4.17. The molecule has 0 saturated heterocycles. The van der Waals surface area contributed by atoms with Crippen molar-refractivity contribution < 1.29 is 8.83 Å². The summed E-state index contributed by atoms with van der Waals surface area (Å²) in [6.45, 7) is 0. The maximum Gasteiger partial charge on any atom is 0.227 e. The summed E-state index contributed by atoms with van der Waals surface area (Å²) in [7, 11) is 0. The highest BCUT2D eigenvalue weighted by Gasteiger charge is 2.21. The summed E-state index contributed by atoms with van der Waals surface area (Å²) < 4.78 is 13.5. The number of rotatable bonds is 6. The van der Waals surface area contributed by atoms with Gasteiger partial charge < -0.3 is 8.83 Å². The molecule has 3 aromatic heterocycles. The molecule has 3 heterocycles. The van der Waals surface area contributed by atoms with Gasteiger partial charge in [0.15, 0.2) is 11.4 Å². The Balaban J connectivity index is 0.888. The van der Waals surface area contributed by atoms with Crippen LogP contribution in [0.5, 0.6) is 0 Å². The molecule has 0 saturated carbocycles. The first-order chi connectivity index (χ1) is 37.6. The molecule has 0 unspecified atom stereocenters. The van der Waals surface area contributed by atoms with Crippen LogP contribution >= 0.6 is 0 Å². The van der Waals surface area contributed by atoms with Crippen molar-refractivity contribution in [3.8, 4) is 67.7 Å². The molecule has 0 N–H and O–H groups in total. The third-order valence-electron chi connectivity index (χ3n) is 15.5. The lowest BCUT2D eigenvalue weighted by Gasteiger charge is -2.16. The van der Waals surface area contributed by atoms with E-state index in [0.29, 0.717) is 11.7 Å². The molecule has 5 nitrogen and oxygen atoms in total. The number of hydrogen-bond acceptors (Lipinski definition) is 5. The minimum atomic E-state index is 0.564. The normalized spacial score (nSPS) is 11.9. The highest BCUT2D eigenvalue weighted by molar-refractivity contribution is 6.25. The summed E-state index contributed by atoms with van der Waals surface area (Å²) in [6.07, 6.45) is 0. The van der Waals surface area contributed by atoms with Crippen LogP contribution in [0.2, 0.25) is 0 Å². The first-order valence-corrected chi connectivity index (χ1v) is 25.7. The van der Waals surface area contributed by atoms with Crippen LogP contribution in [0.15, 0.2) is 258 Å². The minimum absolute atomic E-state index is 0.564. The molecule has 0 aliphatic rings. The zero-order chi connectivity index (χ0) is 49.8. The monoisotopic (exact) mass is 967 g/mol. The summed E-state index contributed by atoms with van der Waals surface area (Å²) in [4.78, 5) is 16.2. The molecule has 0 spiro atoms. The third kappa shape index (κ3) is 6.69. The Kier molecular flexibility index (Phi) is 9.27. The van der Waals surface area contributed by atoms with Crippen LogP contribution in [0.4, 0.5) is 0 Å². The Bertz CT molecular complexity index is 4900. The molecule has 13 aromatic carbocycles. The standard InChI is InChI=1S/C71H41N3O2/c1-3-15-48-37-50(35-25-42(48)13-1)52-39-61(51-36-26-43-14-2-4-16-49(43)38-51)66-63(40-52)65(45-29-27-44(28-30-45)64-41-62-57-21-6-5-17-53(57)55-19-8-11-23-59(55)68(62)75-64)72-70(73-66)46-31-33-47(34-32-46)71-74-67-58-22-10-7-18-54(58)56-20-9-12-24-60(56)69(67)76-71/h1-41H. The smallest absolute Gasteiger partial charge is 0.227 e. The highest BCUT2D eigenvalue weighted by Crippen LogP contribution is 2.44. The number of oxazole rings is 1. The van der Waals surface area contributed by atoms with Crippen molar-refractivity contribution in [3.05, 3.63) is 249 Å². The number of furan rings is 1. The van der Waals surface area contributed by atoms with Crippen molar-refractivity contribution in [2.45, 2.75) is 0 Å². The van der Waals surface area contributed by atoms with Crippen molar-refractivity contribution in [2.75, 3.05) is 0 Å². The lowest BCUT2D eigenvalue weighted by atomic mass is 9.92. The summed E-state index contributed by atoms with van der Waals surface area (Å²) in [5, 5.41) is 15.9. The van der Waals surface area contributed by atoms with Crippen molar-refractivity contribution in [3.63, 3.8) is 0 Å². The zero-order valence-corrected chi connectivity index (χ0v) is 40.8. The molecule has 16 rings (SSSR count). The van der Waals surface area contributed by atoms with Gasteiger partial charge in [-0.1, -0.05) is 206 Å². The SMILES string of the molecule is c1ccc2cc(-c3cc(-c4ccc5ccccc5c4)c4nc(-c5ccc(-c6nc7c8ccccc8c8ccccc8c7o6)cc5)nc(-c5ccc(-c6cc7c8ccccc8c8ccccc8c7o6)cc5)c4c3)ccc2c1. The van der Waals surface area contributed by atoms with Crippen LogP contribution in [-0.4, -0.2) is 15.0 Å². The van der Waals surface area contributed by atoms with E-state index in [1.165, 1.54) is 32.3 Å². The quantitative estimate of drug-likeness (QED) is 0.155. The van der Waals surface area contributed by atoms with E-state index < -0.39 is 0 Å². The fourth-order valence-electron chi connectivity index (χ4n) is 11.7. The van der Waals surface area contributed by atoms with Crippen LogP contribution in [0.1, 0.15) is 0 Å². The first-order valence-electron chi connectivity index (χ1n) is 25.7. The molecule has 0 aliphatic heterocycles. The fourth-order valence-corrected chi connectivity index (χ4v) is 11.7. The van der Waals surface area contributed by atoms with Crippen LogP contribution in [0, 0.1) is 0 Å². The van der Waals surface area contributed by atoms with Gasteiger partial charge in [-0.05, 0) is 108 Å². The van der Waals surface area contributed by atoms with E-state index >= 15 is 0 Å². The lowest BCUT2D eigenvalue weighted by molar-refractivity contribution is 0.623. The second kappa shape index (κ2) is 16.7. The maximum absolute atomic E-state index is 6.82. The van der Waals surface area contributed by atoms with Gasteiger partial charge in [-0.15, -0.1) is 0 Å². The minimum Gasteiger partial charge on any atom is -0.455 e. The Morgan fingerprint density at radius 1 is 0.250 bits per heavy atom. The molecule has 5 heteroatoms. The van der Waals surface area contributed by atoms with Gasteiger partial charge in [0.05, 0.1) is 11.2 Å². The summed E-state index contributed by atoms with van der Waals surface area (Å²) in [5.41, 5.74) is 12.2. The van der Waals surface area contributed by atoms with E-state index in [2.05, 4.69) is 249 Å². The molecule has 0 atom stereocenters. The van der Waals surface area contributed by atoms with Gasteiger partial charge in [-0.3, -0.25) is 0 Å². The van der Waals surface area contributed by atoms with Crippen molar-refractivity contribution in [1.82, 2.24) is 15.0 Å². The van der Waals surface area contributed by atoms with Crippen molar-refractivity contribution in [1.29, 1.82) is 0 Å². The van der Waals surface area contributed by atoms with Crippen molar-refractivity contribution in [2.24, 2.45) is 0 Å². The van der Waals surface area contributed by atoms with E-state index in [-0.39, 0.29) is 0 Å². The van der Waals surface area contributed by atoms with Gasteiger partial charge in [-0.2, -0.15) is 0 Å². The molecular formula is C71H41N3O2. The second-order valence-corrected chi connectivity index (χ2v) is 19.8. The first kappa shape index (κ1) is 42.3. The predicted octanol–water partition coefficient (Wildman–Crippen LogP) is 19.4. The number of hydrogen-bond donors (Lipinski definition) is 0. The topological polar surface area (TPSA) is 65.0 Å². The van der Waals surface area contributed by atoms with Gasteiger partial charge >= 0.3 is 0 Å². The number of nitrogens with zero attached hydrogens (tertiary/aromatic N) is 3. The van der Waals surface area contributed by atoms with E-state index in [0.717, 1.165) is 121 Å². The van der Waals surface area contributed by atoms with E-state index in [4.69, 9.17) is 23.8 Å². The Morgan fingerprint density at radius 3 is 1.41 bits per heavy atom. The number of fused-ring (bicyclic) bond motifs is 15. The summed E-state index contributed by atoms with van der Waals surface area (Å²) in [5.74, 6) is 1.99. The van der Waals surface area contributed by atoms with Gasteiger partial charge in [-0.25, -0.2) is 15.0 Å². The second-order valence-electron chi connectivity index (χ2n) is 19.8. The summed E-state index contributed by atoms with van der Waals surface area (Å²) in [6, 6.07) is 88.2. The van der Waals surface area contributed by atoms with Gasteiger partial charge in [0, 0.05) is 54.7 Å². The maximum atomic E-state index is 6.82. The average molecular weight is 968 g/mol. The van der Waals surface area contributed by atoms with Crippen LogP contribution in [-0.2, 0) is 0 Å². The lowest BCUT2D eigenvalue weighted by Crippen LogP contribution is -1.98. The van der Waals surface area contributed by atoms with Gasteiger partial charge in [0.2, 0.25) is 5.89 Å². The summed E-state index contributed by atoms with van der Waals surface area (Å²) >= 11 is 0. The highest BCUT2D eigenvalue weighted by atomic mass is 16.3. The molecule has 352 valence electrons. The Labute approximate surface area is 435 Å². The molecule has 76 heavy (non-hydrogen) atoms. The van der Waals surface area contributed by atoms with Crippen molar-refractivity contribution >= 4 is 97.6 Å². The third-order valence-corrected chi connectivity index (χ3v) is 15.5. The predicted molar refractivity (Wildman–Crippen MR) is 315 cm³/mol. The number of aromatic nitrogens is 3. The Morgan fingerprint density at radius 2 is 0.737 bits per heavy atom. The van der Waals surface area contributed by atoms with E-state index in [1.54, 1.807) is 0 Å². The van der Waals surface area contributed by atoms with Crippen LogP contribution in [0.3, 0.4) is 0 Å². The molecular weight excluding hydrogens is 927 g/mol. The molecule has 0 amide bonds. The van der Waals surface area contributed by atoms with Gasteiger partial charge in [0.25, 0.3) is 0 Å². The zero-order valence-electron chi connectivity index (χ0n) is 40.8. The number of benzene rings is 13. The fraction of sp³-hybridized carbons (Fsp3) is 0.